The molecule has 3 nitrogen and oxygen atoms in total. The lowest BCUT2D eigenvalue weighted by Gasteiger charge is -2.23. The van der Waals surface area contributed by atoms with E-state index in [1.54, 1.807) is 24.3 Å². The van der Waals surface area contributed by atoms with Gasteiger partial charge >= 0.3 is 0 Å². The third-order valence-electron chi connectivity index (χ3n) is 2.70. The van der Waals surface area contributed by atoms with Crippen LogP contribution in [0.25, 0.3) is 0 Å². The highest BCUT2D eigenvalue weighted by Gasteiger charge is 2.36. The van der Waals surface area contributed by atoms with Crippen LogP contribution in [0.1, 0.15) is 25.3 Å². The van der Waals surface area contributed by atoms with E-state index in [1.165, 1.54) is 6.92 Å². The minimum absolute atomic E-state index is 0.210. The second-order valence-electron chi connectivity index (χ2n) is 3.64. The molecule has 1 rings (SSSR count). The average molecular weight is 215 g/mol. The van der Waals surface area contributed by atoms with Gasteiger partial charge in [-0.15, -0.1) is 0 Å². The van der Waals surface area contributed by atoms with Crippen molar-refractivity contribution in [3.8, 4) is 6.07 Å². The number of aldehydes is 1. The van der Waals surface area contributed by atoms with Crippen molar-refractivity contribution in [2.45, 2.75) is 25.2 Å². The number of carbonyl (C=O) groups is 2. The molecule has 0 unspecified atom stereocenters. The van der Waals surface area contributed by atoms with Crippen molar-refractivity contribution >= 4 is 12.1 Å². The van der Waals surface area contributed by atoms with Gasteiger partial charge in [-0.05, 0) is 18.9 Å². The van der Waals surface area contributed by atoms with Crippen LogP contribution in [-0.4, -0.2) is 12.1 Å². The molecule has 0 saturated carbocycles. The predicted molar refractivity (Wildman–Crippen MR) is 59.7 cm³/mol. The van der Waals surface area contributed by atoms with Crippen LogP contribution in [0.3, 0.4) is 0 Å². The summed E-state index contributed by atoms with van der Waals surface area (Å²) in [5.41, 5.74) is -0.519. The highest BCUT2D eigenvalue weighted by Crippen LogP contribution is 2.29. The Kier molecular flexibility index (Phi) is 3.96. The Morgan fingerprint density at radius 2 is 2.06 bits per heavy atom. The van der Waals surface area contributed by atoms with E-state index in [0.29, 0.717) is 5.56 Å². The van der Waals surface area contributed by atoms with Gasteiger partial charge < -0.3 is 4.79 Å². The smallest absolute Gasteiger partial charge is 0.154 e. The van der Waals surface area contributed by atoms with E-state index in [9.17, 15) is 14.9 Å². The van der Waals surface area contributed by atoms with Gasteiger partial charge in [0.1, 0.15) is 11.7 Å². The lowest BCUT2D eigenvalue weighted by molar-refractivity contribution is -0.121. The maximum absolute atomic E-state index is 11.7. The number of rotatable bonds is 5. The van der Waals surface area contributed by atoms with Crippen molar-refractivity contribution in [2.75, 3.05) is 0 Å². The highest BCUT2D eigenvalue weighted by molar-refractivity contribution is 5.91. The number of benzene rings is 1. The molecule has 0 saturated heterocycles. The zero-order chi connectivity index (χ0) is 12.0. The van der Waals surface area contributed by atoms with Gasteiger partial charge in [0.2, 0.25) is 0 Å². The molecule has 82 valence electrons. The summed E-state index contributed by atoms with van der Waals surface area (Å²) in [6, 6.07) is 10.9. The summed E-state index contributed by atoms with van der Waals surface area (Å²) in [5.74, 6) is -0.219. The quantitative estimate of drug-likeness (QED) is 0.706. The summed E-state index contributed by atoms with van der Waals surface area (Å²) < 4.78 is 0. The number of nitrogens with zero attached hydrogens (tertiary/aromatic N) is 1. The summed E-state index contributed by atoms with van der Waals surface area (Å²) in [4.78, 5) is 22.1. The molecule has 0 N–H and O–H groups in total. The van der Waals surface area contributed by atoms with Gasteiger partial charge in [0.25, 0.3) is 0 Å². The molecule has 16 heavy (non-hydrogen) atoms. The van der Waals surface area contributed by atoms with Crippen LogP contribution in [0.2, 0.25) is 0 Å². The molecule has 0 bridgehead atoms. The first-order valence-corrected chi connectivity index (χ1v) is 5.09. The van der Waals surface area contributed by atoms with E-state index in [1.807, 2.05) is 6.07 Å². The van der Waals surface area contributed by atoms with E-state index in [0.717, 1.165) is 6.29 Å². The fourth-order valence-electron chi connectivity index (χ4n) is 1.72. The van der Waals surface area contributed by atoms with E-state index in [4.69, 9.17) is 0 Å². The molecule has 0 aromatic heterocycles. The molecule has 0 heterocycles. The Balaban J connectivity index is 3.19. The van der Waals surface area contributed by atoms with Crippen molar-refractivity contribution in [3.05, 3.63) is 35.9 Å². The normalized spacial score (nSPS) is 13.5. The second-order valence-corrected chi connectivity index (χ2v) is 3.64. The summed E-state index contributed by atoms with van der Waals surface area (Å²) in [5, 5.41) is 9.24. The minimum Gasteiger partial charge on any atom is -0.303 e. The zero-order valence-electron chi connectivity index (χ0n) is 9.14. The first-order chi connectivity index (χ1) is 7.67. The molecule has 0 radical (unpaired) electrons. The van der Waals surface area contributed by atoms with Crippen LogP contribution >= 0.6 is 0 Å². The molecular weight excluding hydrogens is 202 g/mol. The summed E-state index contributed by atoms with van der Waals surface area (Å²) in [6.07, 6.45) is 1.19. The Hall–Kier alpha value is -1.95. The monoisotopic (exact) mass is 215 g/mol. The van der Waals surface area contributed by atoms with Gasteiger partial charge in [-0.3, -0.25) is 4.79 Å². The van der Waals surface area contributed by atoms with Gasteiger partial charge in [-0.25, -0.2) is 0 Å². The Labute approximate surface area is 94.7 Å². The van der Waals surface area contributed by atoms with Crippen molar-refractivity contribution in [3.63, 3.8) is 0 Å². The predicted octanol–water partition coefficient (Wildman–Crippen LogP) is 2.02. The van der Waals surface area contributed by atoms with Gasteiger partial charge in [0.05, 0.1) is 6.07 Å². The number of carbonyl (C=O) groups excluding carboxylic acids is 2. The first-order valence-electron chi connectivity index (χ1n) is 5.09. The second kappa shape index (κ2) is 5.22. The van der Waals surface area contributed by atoms with Gasteiger partial charge in [-0.2, -0.15) is 5.26 Å². The molecule has 0 fully saturated rings. The fraction of sp³-hybridized carbons (Fsp3) is 0.308. The van der Waals surface area contributed by atoms with Crippen molar-refractivity contribution < 1.29 is 9.59 Å². The fourth-order valence-corrected chi connectivity index (χ4v) is 1.72. The van der Waals surface area contributed by atoms with Crippen LogP contribution in [0, 0.1) is 11.3 Å². The average Bonchev–Trinajstić information content (AvgIpc) is 2.31. The third kappa shape index (κ3) is 2.17. The minimum atomic E-state index is -1.18. The molecule has 1 atom stereocenters. The molecule has 3 heteroatoms. The third-order valence-corrected chi connectivity index (χ3v) is 2.70. The molecule has 0 spiro atoms. The van der Waals surface area contributed by atoms with Crippen molar-refractivity contribution in [1.82, 2.24) is 0 Å². The van der Waals surface area contributed by atoms with Crippen LogP contribution in [-0.2, 0) is 15.0 Å². The number of hydrogen-bond donors (Lipinski definition) is 0. The zero-order valence-corrected chi connectivity index (χ0v) is 9.14. The summed E-state index contributed by atoms with van der Waals surface area (Å²) in [7, 11) is 0. The first kappa shape index (κ1) is 12.1. The number of Topliss-reactive ketones (excluding diaryl/α,β-unsaturated/α-hetero) is 1. The lowest BCUT2D eigenvalue weighted by atomic mass is 9.75. The lowest BCUT2D eigenvalue weighted by Crippen LogP contribution is -2.32. The van der Waals surface area contributed by atoms with E-state index >= 15 is 0 Å². The molecule has 0 amide bonds. The number of hydrogen-bond acceptors (Lipinski definition) is 3. The van der Waals surface area contributed by atoms with Gasteiger partial charge in [-0.1, -0.05) is 30.3 Å². The summed E-state index contributed by atoms with van der Waals surface area (Å²) >= 11 is 0. The van der Waals surface area contributed by atoms with Crippen LogP contribution in [0.5, 0.6) is 0 Å². The van der Waals surface area contributed by atoms with Crippen molar-refractivity contribution in [2.24, 2.45) is 0 Å². The van der Waals surface area contributed by atoms with E-state index in [-0.39, 0.29) is 18.6 Å². The van der Waals surface area contributed by atoms with E-state index < -0.39 is 5.41 Å². The molecular formula is C13H13NO2. The molecule has 1 aromatic carbocycles. The Morgan fingerprint density at radius 1 is 1.44 bits per heavy atom. The largest absolute Gasteiger partial charge is 0.303 e. The standard InChI is InChI=1S/C13H13NO2/c1-11(16)13(10-14,8-5-9-15)12-6-3-2-4-7-12/h2-4,6-7,9H,5,8H2,1H3/t13-/m0/s1. The highest BCUT2D eigenvalue weighted by atomic mass is 16.1. The summed E-state index contributed by atoms with van der Waals surface area (Å²) in [6.45, 7) is 1.39. The molecule has 0 aliphatic heterocycles. The Bertz CT molecular complexity index is 419. The molecule has 0 aliphatic rings. The van der Waals surface area contributed by atoms with Crippen LogP contribution < -0.4 is 0 Å². The SMILES string of the molecule is CC(=O)[C@@](C#N)(CCC=O)c1ccccc1. The van der Waals surface area contributed by atoms with Crippen LogP contribution in [0.4, 0.5) is 0 Å². The van der Waals surface area contributed by atoms with E-state index in [2.05, 4.69) is 6.07 Å². The Morgan fingerprint density at radius 3 is 2.50 bits per heavy atom. The van der Waals surface area contributed by atoms with Crippen molar-refractivity contribution in [1.29, 1.82) is 5.26 Å². The maximum Gasteiger partial charge on any atom is 0.154 e. The van der Waals surface area contributed by atoms with Gasteiger partial charge in [0.15, 0.2) is 5.78 Å². The number of nitriles is 1. The number of ketones is 1. The molecule has 0 aliphatic carbocycles. The maximum atomic E-state index is 11.7. The van der Waals surface area contributed by atoms with Crippen LogP contribution in [0.15, 0.2) is 30.3 Å². The molecule has 1 aromatic rings. The topological polar surface area (TPSA) is 57.9 Å². The van der Waals surface area contributed by atoms with Gasteiger partial charge in [0, 0.05) is 6.42 Å².